The highest BCUT2D eigenvalue weighted by molar-refractivity contribution is 7.16. The lowest BCUT2D eigenvalue weighted by Gasteiger charge is -2.11. The summed E-state index contributed by atoms with van der Waals surface area (Å²) in [6, 6.07) is 7.31. The number of carbonyl (C=O) groups is 1. The summed E-state index contributed by atoms with van der Waals surface area (Å²) >= 11 is 7.43. The standard InChI is InChI=1S/C13H13ClN2O2S/c1-8(11-4-5-12(14)19-11)15-7-10-3-2-9(6-16-10)13(17)18/h2-6,8,15H,7H2,1H3,(H,17,18). The number of carboxylic acids is 1. The summed E-state index contributed by atoms with van der Waals surface area (Å²) in [5, 5.41) is 12.1. The third-order valence-electron chi connectivity index (χ3n) is 2.68. The van der Waals surface area contributed by atoms with Crippen molar-refractivity contribution in [3.05, 3.63) is 50.9 Å². The van der Waals surface area contributed by atoms with Crippen LogP contribution in [0.4, 0.5) is 0 Å². The zero-order chi connectivity index (χ0) is 13.8. The molecule has 0 aromatic carbocycles. The van der Waals surface area contributed by atoms with Crippen molar-refractivity contribution in [3.63, 3.8) is 0 Å². The Morgan fingerprint density at radius 3 is 2.79 bits per heavy atom. The lowest BCUT2D eigenvalue weighted by molar-refractivity contribution is 0.0696. The average Bonchev–Trinajstić information content (AvgIpc) is 2.83. The van der Waals surface area contributed by atoms with Crippen LogP contribution in [0.2, 0.25) is 4.34 Å². The van der Waals surface area contributed by atoms with E-state index in [0.717, 1.165) is 14.9 Å². The van der Waals surface area contributed by atoms with Crippen molar-refractivity contribution >= 4 is 28.9 Å². The lowest BCUT2D eigenvalue weighted by atomic mass is 10.2. The van der Waals surface area contributed by atoms with Gasteiger partial charge in [0.2, 0.25) is 0 Å². The molecule has 2 aromatic heterocycles. The van der Waals surface area contributed by atoms with Gasteiger partial charge < -0.3 is 10.4 Å². The number of thiophene rings is 1. The minimum atomic E-state index is -0.964. The van der Waals surface area contributed by atoms with E-state index in [1.54, 1.807) is 23.5 Å². The van der Waals surface area contributed by atoms with E-state index >= 15 is 0 Å². The van der Waals surface area contributed by atoms with Gasteiger partial charge >= 0.3 is 5.97 Å². The molecule has 6 heteroatoms. The van der Waals surface area contributed by atoms with E-state index in [2.05, 4.69) is 10.3 Å². The predicted octanol–water partition coefficient (Wildman–Crippen LogP) is 3.35. The molecule has 4 nitrogen and oxygen atoms in total. The van der Waals surface area contributed by atoms with E-state index in [0.29, 0.717) is 6.54 Å². The molecule has 19 heavy (non-hydrogen) atoms. The average molecular weight is 297 g/mol. The van der Waals surface area contributed by atoms with Crippen LogP contribution in [0.3, 0.4) is 0 Å². The zero-order valence-corrected chi connectivity index (χ0v) is 11.8. The molecule has 1 atom stereocenters. The number of hydrogen-bond donors (Lipinski definition) is 2. The highest BCUT2D eigenvalue weighted by atomic mass is 35.5. The Hall–Kier alpha value is -1.43. The van der Waals surface area contributed by atoms with Gasteiger partial charge in [-0.3, -0.25) is 4.98 Å². The van der Waals surface area contributed by atoms with Gasteiger partial charge in [0.25, 0.3) is 0 Å². The summed E-state index contributed by atoms with van der Waals surface area (Å²) in [7, 11) is 0. The number of nitrogens with zero attached hydrogens (tertiary/aromatic N) is 1. The van der Waals surface area contributed by atoms with Crippen molar-refractivity contribution in [2.24, 2.45) is 0 Å². The second-order valence-corrected chi connectivity index (χ2v) is 5.83. The van der Waals surface area contributed by atoms with Gasteiger partial charge in [-0.1, -0.05) is 11.6 Å². The fourth-order valence-corrected chi connectivity index (χ4v) is 2.66. The SMILES string of the molecule is CC(NCc1ccc(C(=O)O)cn1)c1ccc(Cl)s1. The molecule has 0 spiro atoms. The van der Waals surface area contributed by atoms with Crippen molar-refractivity contribution in [2.45, 2.75) is 19.5 Å². The van der Waals surface area contributed by atoms with Crippen LogP contribution in [0.15, 0.2) is 30.5 Å². The van der Waals surface area contributed by atoms with Crippen LogP contribution in [0, 0.1) is 0 Å². The van der Waals surface area contributed by atoms with Crippen molar-refractivity contribution < 1.29 is 9.90 Å². The van der Waals surface area contributed by atoms with Gasteiger partial charge in [-0.25, -0.2) is 4.79 Å². The number of carboxylic acid groups (broad SMARTS) is 1. The Morgan fingerprint density at radius 1 is 1.47 bits per heavy atom. The van der Waals surface area contributed by atoms with E-state index < -0.39 is 5.97 Å². The molecule has 0 saturated carbocycles. The molecule has 0 aliphatic heterocycles. The van der Waals surface area contributed by atoms with Gasteiger partial charge in [0.15, 0.2) is 0 Å². The van der Waals surface area contributed by atoms with Crippen LogP contribution < -0.4 is 5.32 Å². The number of aromatic carboxylic acids is 1. The van der Waals surface area contributed by atoms with Crippen molar-refractivity contribution in [3.8, 4) is 0 Å². The van der Waals surface area contributed by atoms with Gasteiger partial charge in [0.1, 0.15) is 0 Å². The third kappa shape index (κ3) is 3.76. The molecule has 2 heterocycles. The maximum atomic E-state index is 10.7. The van der Waals surface area contributed by atoms with Crippen LogP contribution in [0.25, 0.3) is 0 Å². The molecule has 2 aromatic rings. The summed E-state index contributed by atoms with van der Waals surface area (Å²) in [4.78, 5) is 16.0. The maximum absolute atomic E-state index is 10.7. The molecule has 0 bridgehead atoms. The lowest BCUT2D eigenvalue weighted by Crippen LogP contribution is -2.18. The number of hydrogen-bond acceptors (Lipinski definition) is 4. The Kier molecular flexibility index (Phi) is 4.52. The van der Waals surface area contributed by atoms with Gasteiger partial charge in [0.05, 0.1) is 15.6 Å². The molecule has 0 amide bonds. The predicted molar refractivity (Wildman–Crippen MR) is 75.8 cm³/mol. The van der Waals surface area contributed by atoms with E-state index in [9.17, 15) is 4.79 Å². The molecular formula is C13H13ClN2O2S. The number of aromatic nitrogens is 1. The van der Waals surface area contributed by atoms with E-state index in [1.165, 1.54) is 6.20 Å². The normalized spacial score (nSPS) is 12.3. The van der Waals surface area contributed by atoms with Crippen LogP contribution in [0.5, 0.6) is 0 Å². The first kappa shape index (κ1) is 14.0. The van der Waals surface area contributed by atoms with Crippen molar-refractivity contribution in [1.82, 2.24) is 10.3 Å². The third-order valence-corrected chi connectivity index (χ3v) is 4.10. The molecule has 0 aliphatic carbocycles. The number of halogens is 1. The molecule has 2 N–H and O–H groups in total. The minimum Gasteiger partial charge on any atom is -0.478 e. The molecule has 2 rings (SSSR count). The fourth-order valence-electron chi connectivity index (χ4n) is 1.57. The summed E-state index contributed by atoms with van der Waals surface area (Å²) in [6.07, 6.45) is 1.37. The summed E-state index contributed by atoms with van der Waals surface area (Å²) in [5.41, 5.74) is 1.00. The minimum absolute atomic E-state index is 0.179. The van der Waals surface area contributed by atoms with Crippen LogP contribution >= 0.6 is 22.9 Å². The highest BCUT2D eigenvalue weighted by Crippen LogP contribution is 2.26. The molecular weight excluding hydrogens is 284 g/mol. The van der Waals surface area contributed by atoms with Gasteiger partial charge in [-0.05, 0) is 31.2 Å². The van der Waals surface area contributed by atoms with Gasteiger partial charge in [-0.15, -0.1) is 11.3 Å². The van der Waals surface area contributed by atoms with E-state index in [1.807, 2.05) is 19.1 Å². The smallest absolute Gasteiger partial charge is 0.337 e. The van der Waals surface area contributed by atoms with Crippen LogP contribution in [-0.4, -0.2) is 16.1 Å². The Morgan fingerprint density at radius 2 is 2.26 bits per heavy atom. The quantitative estimate of drug-likeness (QED) is 0.888. The first-order chi connectivity index (χ1) is 9.06. The highest BCUT2D eigenvalue weighted by Gasteiger charge is 2.08. The molecule has 1 unspecified atom stereocenters. The Balaban J connectivity index is 1.93. The molecule has 0 saturated heterocycles. The molecule has 0 radical (unpaired) electrons. The number of pyridine rings is 1. The second kappa shape index (κ2) is 6.14. The molecule has 0 aliphatic rings. The van der Waals surface area contributed by atoms with Crippen LogP contribution in [-0.2, 0) is 6.54 Å². The van der Waals surface area contributed by atoms with Crippen molar-refractivity contribution in [1.29, 1.82) is 0 Å². The van der Waals surface area contributed by atoms with Gasteiger partial charge in [-0.2, -0.15) is 0 Å². The monoisotopic (exact) mass is 296 g/mol. The first-order valence-corrected chi connectivity index (χ1v) is 6.92. The summed E-state index contributed by atoms with van der Waals surface area (Å²) < 4.78 is 0.771. The topological polar surface area (TPSA) is 62.2 Å². The summed E-state index contributed by atoms with van der Waals surface area (Å²) in [5.74, 6) is -0.964. The molecule has 0 fully saturated rings. The van der Waals surface area contributed by atoms with E-state index in [-0.39, 0.29) is 11.6 Å². The Bertz CT molecular complexity index is 568. The first-order valence-electron chi connectivity index (χ1n) is 5.73. The summed E-state index contributed by atoms with van der Waals surface area (Å²) in [6.45, 7) is 2.63. The largest absolute Gasteiger partial charge is 0.478 e. The number of nitrogens with one attached hydrogen (secondary N) is 1. The van der Waals surface area contributed by atoms with Crippen LogP contribution in [0.1, 0.15) is 33.9 Å². The van der Waals surface area contributed by atoms with E-state index in [4.69, 9.17) is 16.7 Å². The zero-order valence-electron chi connectivity index (χ0n) is 10.3. The number of rotatable bonds is 5. The Labute approximate surface area is 120 Å². The van der Waals surface area contributed by atoms with Crippen molar-refractivity contribution in [2.75, 3.05) is 0 Å². The maximum Gasteiger partial charge on any atom is 0.337 e. The van der Waals surface area contributed by atoms with Gasteiger partial charge in [0, 0.05) is 23.7 Å². The fraction of sp³-hybridized carbons (Fsp3) is 0.231. The molecule has 100 valence electrons. The second-order valence-electron chi connectivity index (χ2n) is 4.09.